The third-order valence-electron chi connectivity index (χ3n) is 3.60. The molecule has 0 unspecified atom stereocenters. The smallest absolute Gasteiger partial charge is 0.255 e. The highest BCUT2D eigenvalue weighted by atomic mass is 35.5. The lowest BCUT2D eigenvalue weighted by atomic mass is 10.0. The number of furan rings is 1. The fraction of sp³-hybridized carbons (Fsp3) is 0.267. The molecular formula is C15H16Cl2N2O2. The molecule has 0 atom stereocenters. The number of carbonyl (C=O) groups excluding carboxylic acids is 1. The number of hydrogen-bond donors (Lipinski definition) is 2. The summed E-state index contributed by atoms with van der Waals surface area (Å²) < 4.78 is 5.19. The lowest BCUT2D eigenvalue weighted by Crippen LogP contribution is -2.34. The molecule has 1 fully saturated rings. The minimum Gasteiger partial charge on any atom is -0.467 e. The summed E-state index contributed by atoms with van der Waals surface area (Å²) in [5.74, 6) is 0.452. The lowest BCUT2D eigenvalue weighted by Gasteiger charge is -2.17. The monoisotopic (exact) mass is 326 g/mol. The van der Waals surface area contributed by atoms with Gasteiger partial charge in [0.25, 0.3) is 5.91 Å². The van der Waals surface area contributed by atoms with Gasteiger partial charge in [-0.15, -0.1) is 12.4 Å². The molecule has 1 heterocycles. The first-order valence-corrected chi connectivity index (χ1v) is 6.87. The van der Waals surface area contributed by atoms with Crippen molar-refractivity contribution in [2.75, 3.05) is 0 Å². The van der Waals surface area contributed by atoms with Crippen LogP contribution in [-0.4, -0.2) is 5.91 Å². The van der Waals surface area contributed by atoms with Crippen molar-refractivity contribution < 1.29 is 9.21 Å². The highest BCUT2D eigenvalue weighted by Gasteiger charge is 2.45. The van der Waals surface area contributed by atoms with Gasteiger partial charge in [0, 0.05) is 5.02 Å². The minimum absolute atomic E-state index is 0. The van der Waals surface area contributed by atoms with Gasteiger partial charge in [-0.05, 0) is 36.6 Å². The summed E-state index contributed by atoms with van der Waals surface area (Å²) in [5.41, 5.74) is 6.72. The zero-order chi connectivity index (χ0) is 14.2. The van der Waals surface area contributed by atoms with Gasteiger partial charge in [0.05, 0.1) is 17.6 Å². The fourth-order valence-corrected chi connectivity index (χ4v) is 2.48. The van der Waals surface area contributed by atoms with Crippen molar-refractivity contribution in [2.45, 2.75) is 24.9 Å². The molecule has 0 aliphatic heterocycles. The molecule has 112 valence electrons. The predicted molar refractivity (Wildman–Crippen MR) is 83.7 cm³/mol. The molecule has 1 amide bonds. The first-order chi connectivity index (χ1) is 9.63. The van der Waals surface area contributed by atoms with E-state index in [1.165, 1.54) is 6.26 Å². The fourth-order valence-electron chi connectivity index (χ4n) is 2.29. The van der Waals surface area contributed by atoms with Crippen molar-refractivity contribution in [1.29, 1.82) is 0 Å². The van der Waals surface area contributed by atoms with Gasteiger partial charge in [-0.25, -0.2) is 0 Å². The first-order valence-electron chi connectivity index (χ1n) is 6.49. The van der Waals surface area contributed by atoms with E-state index in [0.29, 0.717) is 16.3 Å². The minimum atomic E-state index is -0.290. The van der Waals surface area contributed by atoms with E-state index in [4.69, 9.17) is 21.8 Å². The Balaban J connectivity index is 0.00000161. The Morgan fingerprint density at radius 1 is 1.38 bits per heavy atom. The second kappa shape index (κ2) is 6.10. The van der Waals surface area contributed by atoms with Crippen LogP contribution in [0.15, 0.2) is 41.0 Å². The van der Waals surface area contributed by atoms with Crippen LogP contribution in [0, 0.1) is 0 Å². The summed E-state index contributed by atoms with van der Waals surface area (Å²) in [7, 11) is 0. The average Bonchev–Trinajstić information content (AvgIpc) is 3.06. The molecule has 0 spiro atoms. The molecule has 3 rings (SSSR count). The van der Waals surface area contributed by atoms with E-state index in [9.17, 15) is 4.79 Å². The second-order valence-electron chi connectivity index (χ2n) is 5.05. The van der Waals surface area contributed by atoms with Gasteiger partial charge in [-0.1, -0.05) is 23.7 Å². The van der Waals surface area contributed by atoms with E-state index in [1.807, 2.05) is 24.3 Å². The highest BCUT2D eigenvalue weighted by Crippen LogP contribution is 2.46. The van der Waals surface area contributed by atoms with Crippen LogP contribution in [0.3, 0.4) is 0 Å². The van der Waals surface area contributed by atoms with Crippen LogP contribution in [0.2, 0.25) is 5.02 Å². The van der Waals surface area contributed by atoms with E-state index in [-0.39, 0.29) is 30.4 Å². The number of benzene rings is 1. The van der Waals surface area contributed by atoms with Crippen LogP contribution in [-0.2, 0) is 12.1 Å². The number of halogens is 2. The van der Waals surface area contributed by atoms with Crippen molar-refractivity contribution in [3.05, 3.63) is 58.5 Å². The summed E-state index contributed by atoms with van der Waals surface area (Å²) in [6.07, 6.45) is 3.27. The van der Waals surface area contributed by atoms with Crippen molar-refractivity contribution in [3.63, 3.8) is 0 Å². The molecule has 0 saturated heterocycles. The topological polar surface area (TPSA) is 68.3 Å². The maximum atomic E-state index is 12.2. The van der Waals surface area contributed by atoms with E-state index in [0.717, 1.165) is 18.4 Å². The quantitative estimate of drug-likeness (QED) is 0.906. The van der Waals surface area contributed by atoms with Crippen molar-refractivity contribution in [3.8, 4) is 0 Å². The van der Waals surface area contributed by atoms with Gasteiger partial charge >= 0.3 is 0 Å². The molecule has 21 heavy (non-hydrogen) atoms. The molecule has 0 bridgehead atoms. The zero-order valence-corrected chi connectivity index (χ0v) is 12.8. The number of amides is 1. The Morgan fingerprint density at radius 2 is 2.14 bits per heavy atom. The number of nitrogens with two attached hydrogens (primary N) is 1. The summed E-state index contributed by atoms with van der Waals surface area (Å²) in [6.45, 7) is 0.284. The van der Waals surface area contributed by atoms with E-state index < -0.39 is 0 Å². The van der Waals surface area contributed by atoms with Gasteiger partial charge in [0.15, 0.2) is 0 Å². The van der Waals surface area contributed by atoms with Crippen LogP contribution >= 0.6 is 24.0 Å². The molecule has 4 nitrogen and oxygen atoms in total. The Morgan fingerprint density at radius 3 is 2.71 bits per heavy atom. The zero-order valence-electron chi connectivity index (χ0n) is 11.3. The summed E-state index contributed by atoms with van der Waals surface area (Å²) in [4.78, 5) is 12.2. The molecular weight excluding hydrogens is 311 g/mol. The van der Waals surface area contributed by atoms with Gasteiger partial charge in [-0.2, -0.15) is 0 Å². The molecule has 0 radical (unpaired) electrons. The maximum absolute atomic E-state index is 12.2. The van der Waals surface area contributed by atoms with Crippen LogP contribution in [0.4, 0.5) is 0 Å². The Labute approximate surface area is 134 Å². The first kappa shape index (κ1) is 15.9. The van der Waals surface area contributed by atoms with Crippen molar-refractivity contribution >= 4 is 29.9 Å². The predicted octanol–water partition coefficient (Wildman–Crippen LogP) is 3.23. The molecule has 2 aromatic rings. The molecule has 1 aromatic heterocycles. The highest BCUT2D eigenvalue weighted by molar-refractivity contribution is 6.30. The van der Waals surface area contributed by atoms with Crippen LogP contribution in [0.25, 0.3) is 0 Å². The van der Waals surface area contributed by atoms with Crippen LogP contribution < -0.4 is 11.1 Å². The van der Waals surface area contributed by atoms with E-state index in [2.05, 4.69) is 5.32 Å². The standard InChI is InChI=1S/C15H15ClN2O2.ClH/c16-12-3-1-2-11(7-12)15(4-5-15)18-14(19)10-6-13(8-17)20-9-10;/h1-3,6-7,9H,4-5,8,17H2,(H,18,19);1H. The third kappa shape index (κ3) is 3.23. The largest absolute Gasteiger partial charge is 0.467 e. The van der Waals surface area contributed by atoms with E-state index >= 15 is 0 Å². The Hall–Kier alpha value is -1.49. The van der Waals surface area contributed by atoms with E-state index in [1.54, 1.807) is 6.07 Å². The summed E-state index contributed by atoms with van der Waals surface area (Å²) in [5, 5.41) is 3.74. The molecule has 6 heteroatoms. The molecule has 1 aliphatic carbocycles. The number of hydrogen-bond acceptors (Lipinski definition) is 3. The van der Waals surface area contributed by atoms with Crippen LogP contribution in [0.5, 0.6) is 0 Å². The van der Waals surface area contributed by atoms with Gasteiger partial charge in [-0.3, -0.25) is 4.79 Å². The maximum Gasteiger partial charge on any atom is 0.255 e. The summed E-state index contributed by atoms with van der Waals surface area (Å²) in [6, 6.07) is 9.28. The lowest BCUT2D eigenvalue weighted by molar-refractivity contribution is 0.0930. The van der Waals surface area contributed by atoms with Gasteiger partial charge in [0.1, 0.15) is 12.0 Å². The molecule has 1 aromatic carbocycles. The second-order valence-corrected chi connectivity index (χ2v) is 5.49. The SMILES string of the molecule is Cl.NCc1cc(C(=O)NC2(c3cccc(Cl)c3)CC2)co1. The Kier molecular flexibility index (Phi) is 4.61. The van der Waals surface area contributed by atoms with Crippen molar-refractivity contribution in [1.82, 2.24) is 5.32 Å². The number of rotatable bonds is 4. The third-order valence-corrected chi connectivity index (χ3v) is 3.83. The average molecular weight is 327 g/mol. The Bertz CT molecular complexity index is 651. The molecule has 3 N–H and O–H groups in total. The van der Waals surface area contributed by atoms with Crippen molar-refractivity contribution in [2.24, 2.45) is 5.73 Å². The number of carbonyl (C=O) groups is 1. The molecule has 1 saturated carbocycles. The number of nitrogens with one attached hydrogen (secondary N) is 1. The van der Waals surface area contributed by atoms with Crippen LogP contribution in [0.1, 0.15) is 34.5 Å². The van der Waals surface area contributed by atoms with Gasteiger partial charge in [0.2, 0.25) is 0 Å². The normalized spacial score (nSPS) is 15.1. The van der Waals surface area contributed by atoms with Gasteiger partial charge < -0.3 is 15.5 Å². The molecule has 1 aliphatic rings. The summed E-state index contributed by atoms with van der Waals surface area (Å²) >= 11 is 6.01.